The molecule has 0 bridgehead atoms. The van der Waals surface area contributed by atoms with E-state index in [1.54, 1.807) is 42.1 Å². The van der Waals surface area contributed by atoms with Crippen molar-refractivity contribution < 1.29 is 18.7 Å². The third-order valence-corrected chi connectivity index (χ3v) is 7.28. The summed E-state index contributed by atoms with van der Waals surface area (Å²) in [5.74, 6) is 1.54. The minimum atomic E-state index is -0.591. The number of nitrogens with one attached hydrogen (secondary N) is 2. The number of carbonyl (C=O) groups is 1. The molecular formula is C30H30FN5O3S. The van der Waals surface area contributed by atoms with Gasteiger partial charge in [0.1, 0.15) is 23.4 Å². The molecule has 0 saturated carbocycles. The summed E-state index contributed by atoms with van der Waals surface area (Å²) in [6, 6.07) is 21.0. The lowest BCUT2D eigenvalue weighted by molar-refractivity contribution is -0.113. The number of hydrogen-bond acceptors (Lipinski definition) is 7. The van der Waals surface area contributed by atoms with Crippen LogP contribution in [0.25, 0.3) is 0 Å². The second-order valence-electron chi connectivity index (χ2n) is 9.18. The van der Waals surface area contributed by atoms with E-state index in [0.29, 0.717) is 57.5 Å². The van der Waals surface area contributed by atoms with Crippen LogP contribution < -0.4 is 20.1 Å². The van der Waals surface area contributed by atoms with E-state index < -0.39 is 6.04 Å². The zero-order chi connectivity index (χ0) is 28.1. The normalized spacial score (nSPS) is 14.3. The number of carbonyl (C=O) groups excluding carboxylic acids is 1. The van der Waals surface area contributed by atoms with Gasteiger partial charge in [-0.2, -0.15) is 4.98 Å². The van der Waals surface area contributed by atoms with E-state index in [1.165, 1.54) is 17.8 Å². The van der Waals surface area contributed by atoms with Crippen molar-refractivity contribution in [1.82, 2.24) is 14.8 Å². The number of methoxy groups -OCH3 is 1. The second kappa shape index (κ2) is 12.3. The van der Waals surface area contributed by atoms with Crippen LogP contribution in [-0.4, -0.2) is 34.4 Å². The van der Waals surface area contributed by atoms with Crippen molar-refractivity contribution in [3.8, 4) is 11.5 Å². The molecule has 0 spiro atoms. The molecule has 0 fully saturated rings. The molecule has 2 heterocycles. The average molecular weight is 560 g/mol. The Balaban J connectivity index is 1.51. The Bertz CT molecular complexity index is 1550. The molecule has 206 valence electrons. The van der Waals surface area contributed by atoms with E-state index in [2.05, 4.69) is 15.6 Å². The molecule has 0 aliphatic carbocycles. The summed E-state index contributed by atoms with van der Waals surface area (Å²) in [6.07, 6.45) is 0.874. The minimum absolute atomic E-state index is 0.272. The van der Waals surface area contributed by atoms with Gasteiger partial charge in [-0.1, -0.05) is 61.2 Å². The number of allylic oxidation sites excluding steroid dienone is 1. The number of thioether (sulfide) groups is 1. The Hall–Kier alpha value is -4.31. The fourth-order valence-electron chi connectivity index (χ4n) is 4.48. The van der Waals surface area contributed by atoms with Crippen molar-refractivity contribution in [2.45, 2.75) is 37.2 Å². The van der Waals surface area contributed by atoms with Gasteiger partial charge in [-0.3, -0.25) is 4.79 Å². The number of rotatable bonds is 10. The number of ether oxygens (including phenoxy) is 2. The van der Waals surface area contributed by atoms with Gasteiger partial charge in [-0.05, 0) is 54.8 Å². The minimum Gasteiger partial charge on any atom is -0.495 e. The smallest absolute Gasteiger partial charge is 0.255 e. The number of para-hydroxylation sites is 2. The van der Waals surface area contributed by atoms with Gasteiger partial charge >= 0.3 is 0 Å². The summed E-state index contributed by atoms with van der Waals surface area (Å²) in [5.41, 5.74) is 3.05. The van der Waals surface area contributed by atoms with Crippen molar-refractivity contribution in [2.75, 3.05) is 24.4 Å². The highest BCUT2D eigenvalue weighted by molar-refractivity contribution is 7.98. The maximum absolute atomic E-state index is 14.2. The van der Waals surface area contributed by atoms with Crippen LogP contribution in [0.1, 0.15) is 37.4 Å². The SMILES string of the molecule is CCCOc1cccc(C2C(C(=O)Nc3ccccc3OC)=C(C)Nc3nc(SCc4ccccc4F)nn32)c1. The average Bonchev–Trinajstić information content (AvgIpc) is 3.37. The number of aromatic nitrogens is 3. The summed E-state index contributed by atoms with van der Waals surface area (Å²) < 4.78 is 27.2. The van der Waals surface area contributed by atoms with E-state index in [0.717, 1.165) is 12.0 Å². The molecular weight excluding hydrogens is 529 g/mol. The van der Waals surface area contributed by atoms with Gasteiger partial charge in [0.2, 0.25) is 11.1 Å². The van der Waals surface area contributed by atoms with Crippen LogP contribution in [0.3, 0.4) is 0 Å². The van der Waals surface area contributed by atoms with Crippen molar-refractivity contribution in [3.05, 3.63) is 101 Å². The van der Waals surface area contributed by atoms with Gasteiger partial charge in [-0.25, -0.2) is 9.07 Å². The van der Waals surface area contributed by atoms with Gasteiger partial charge in [0.15, 0.2) is 0 Å². The van der Waals surface area contributed by atoms with Crippen molar-refractivity contribution in [2.24, 2.45) is 0 Å². The Labute approximate surface area is 236 Å². The number of hydrogen-bond donors (Lipinski definition) is 2. The van der Waals surface area contributed by atoms with Gasteiger partial charge in [0, 0.05) is 11.4 Å². The lowest BCUT2D eigenvalue weighted by Gasteiger charge is -2.29. The van der Waals surface area contributed by atoms with Crippen molar-refractivity contribution in [3.63, 3.8) is 0 Å². The molecule has 0 saturated heterocycles. The van der Waals surface area contributed by atoms with E-state index in [9.17, 15) is 9.18 Å². The summed E-state index contributed by atoms with van der Waals surface area (Å²) in [6.45, 7) is 4.47. The molecule has 10 heteroatoms. The van der Waals surface area contributed by atoms with Gasteiger partial charge in [0.05, 0.1) is 25.0 Å². The molecule has 1 atom stereocenters. The van der Waals surface area contributed by atoms with Gasteiger partial charge < -0.3 is 20.1 Å². The monoisotopic (exact) mass is 559 g/mol. The number of amides is 1. The number of nitrogens with zero attached hydrogens (tertiary/aromatic N) is 3. The Morgan fingerprint density at radius 2 is 1.93 bits per heavy atom. The van der Waals surface area contributed by atoms with Crippen LogP contribution in [0.15, 0.2) is 89.2 Å². The third-order valence-electron chi connectivity index (χ3n) is 6.39. The van der Waals surface area contributed by atoms with Gasteiger partial charge in [0.25, 0.3) is 5.91 Å². The highest BCUT2D eigenvalue weighted by Gasteiger charge is 2.35. The molecule has 5 rings (SSSR count). The lowest BCUT2D eigenvalue weighted by atomic mass is 9.94. The lowest BCUT2D eigenvalue weighted by Crippen LogP contribution is -2.31. The van der Waals surface area contributed by atoms with E-state index in [4.69, 9.17) is 14.6 Å². The maximum atomic E-state index is 14.2. The highest BCUT2D eigenvalue weighted by Crippen LogP contribution is 2.38. The predicted octanol–water partition coefficient (Wildman–Crippen LogP) is 6.43. The number of fused-ring (bicyclic) bond motifs is 1. The molecule has 4 aromatic rings. The fraction of sp³-hybridized carbons (Fsp3) is 0.233. The largest absolute Gasteiger partial charge is 0.495 e. The van der Waals surface area contributed by atoms with Crippen LogP contribution >= 0.6 is 11.8 Å². The molecule has 1 aliphatic rings. The zero-order valence-electron chi connectivity index (χ0n) is 22.5. The standard InChI is InChI=1S/C30H30FN5O3S/c1-4-16-39-22-12-9-11-20(17-22)27-26(28(37)33-24-14-7-8-15-25(24)38-3)19(2)32-29-34-30(35-36(27)29)40-18-21-10-5-6-13-23(21)31/h5-15,17,27H,4,16,18H2,1-3H3,(H,33,37)(H,32,34,35). The summed E-state index contributed by atoms with van der Waals surface area (Å²) in [7, 11) is 1.56. The molecule has 1 unspecified atom stereocenters. The quantitative estimate of drug-likeness (QED) is 0.216. The van der Waals surface area contributed by atoms with E-state index in [1.807, 2.05) is 50.2 Å². The maximum Gasteiger partial charge on any atom is 0.255 e. The van der Waals surface area contributed by atoms with Crippen LogP contribution in [0.2, 0.25) is 0 Å². The van der Waals surface area contributed by atoms with Crippen LogP contribution in [0.4, 0.5) is 16.0 Å². The Morgan fingerprint density at radius 3 is 2.73 bits per heavy atom. The van der Waals surface area contributed by atoms with E-state index >= 15 is 0 Å². The first kappa shape index (κ1) is 27.3. The van der Waals surface area contributed by atoms with Crippen LogP contribution in [-0.2, 0) is 10.5 Å². The summed E-state index contributed by atoms with van der Waals surface area (Å²) in [5, 5.41) is 11.5. The van der Waals surface area contributed by atoms with Crippen molar-refractivity contribution in [1.29, 1.82) is 0 Å². The molecule has 8 nitrogen and oxygen atoms in total. The molecule has 2 N–H and O–H groups in total. The first-order valence-electron chi connectivity index (χ1n) is 13.0. The fourth-order valence-corrected chi connectivity index (χ4v) is 5.30. The molecule has 0 radical (unpaired) electrons. The molecule has 1 aromatic heterocycles. The van der Waals surface area contributed by atoms with Crippen LogP contribution in [0.5, 0.6) is 11.5 Å². The molecule has 3 aromatic carbocycles. The highest BCUT2D eigenvalue weighted by atomic mass is 32.2. The third kappa shape index (κ3) is 5.81. The molecule has 1 amide bonds. The first-order valence-corrected chi connectivity index (χ1v) is 13.9. The Kier molecular flexibility index (Phi) is 8.35. The van der Waals surface area contributed by atoms with E-state index in [-0.39, 0.29) is 11.7 Å². The molecule has 1 aliphatic heterocycles. The molecule has 40 heavy (non-hydrogen) atoms. The number of halogens is 1. The second-order valence-corrected chi connectivity index (χ2v) is 10.1. The number of benzene rings is 3. The summed E-state index contributed by atoms with van der Waals surface area (Å²) in [4.78, 5) is 18.5. The topological polar surface area (TPSA) is 90.3 Å². The first-order chi connectivity index (χ1) is 19.5. The summed E-state index contributed by atoms with van der Waals surface area (Å²) >= 11 is 1.33. The van der Waals surface area contributed by atoms with Crippen molar-refractivity contribution >= 4 is 29.3 Å². The van der Waals surface area contributed by atoms with Gasteiger partial charge in [-0.15, -0.1) is 5.10 Å². The Morgan fingerprint density at radius 1 is 1.12 bits per heavy atom. The predicted molar refractivity (Wildman–Crippen MR) is 154 cm³/mol. The number of anilines is 2. The van der Waals surface area contributed by atoms with Crippen LogP contribution in [0, 0.1) is 5.82 Å². The zero-order valence-corrected chi connectivity index (χ0v) is 23.3.